The molecule has 1 aliphatic heterocycles. The van der Waals surface area contributed by atoms with Crippen molar-refractivity contribution in [1.82, 2.24) is 0 Å². The average molecular weight is 619 g/mol. The molecule has 0 bridgehead atoms. The zero-order chi connectivity index (χ0) is 33.7. The molecular weight excluding hydrogens is 572 g/mol. The van der Waals surface area contributed by atoms with Gasteiger partial charge in [0.15, 0.2) is 5.71 Å². The minimum Gasteiger partial charge on any atom is -0.477 e. The smallest absolute Gasteiger partial charge is 0.354 e. The molecule has 0 saturated carbocycles. The second-order valence-electron chi connectivity index (χ2n) is 9.81. The number of carboxylic acid groups (broad SMARTS) is 1. The summed E-state index contributed by atoms with van der Waals surface area (Å²) in [7, 11) is 0. The van der Waals surface area contributed by atoms with E-state index in [2.05, 4.69) is 65.4 Å². The lowest BCUT2D eigenvalue weighted by molar-refractivity contribution is -0.129. The van der Waals surface area contributed by atoms with Crippen LogP contribution in [0.4, 0.5) is 22.7 Å². The van der Waals surface area contributed by atoms with Gasteiger partial charge in [0.2, 0.25) is 0 Å². The van der Waals surface area contributed by atoms with Crippen molar-refractivity contribution in [3.05, 3.63) is 139 Å². The third-order valence-electron chi connectivity index (χ3n) is 6.64. The summed E-state index contributed by atoms with van der Waals surface area (Å²) in [6.07, 6.45) is 16.3. The van der Waals surface area contributed by atoms with E-state index in [0.29, 0.717) is 5.69 Å². The second kappa shape index (κ2) is 20.5. The van der Waals surface area contributed by atoms with Crippen LogP contribution in [0.25, 0.3) is 6.08 Å². The molecule has 0 saturated heterocycles. The number of nitrogens with one attached hydrogen (secondary N) is 3. The fraction of sp³-hybridized carbons (Fsp3) is 0.205. The predicted octanol–water partition coefficient (Wildman–Crippen LogP) is 9.22. The fourth-order valence-electron chi connectivity index (χ4n) is 4.57. The maximum atomic E-state index is 12.7. The Kier molecular flexibility index (Phi) is 16.4. The number of aryl methyl sites for hydroxylation is 1. The molecule has 1 aliphatic rings. The minimum absolute atomic E-state index is 0.224. The van der Waals surface area contributed by atoms with Gasteiger partial charge in [0.25, 0.3) is 5.91 Å². The number of allylic oxidation sites excluding steroid dienone is 7. The highest BCUT2D eigenvalue weighted by Gasteiger charge is 2.20. The van der Waals surface area contributed by atoms with Crippen molar-refractivity contribution in [2.24, 2.45) is 0 Å². The van der Waals surface area contributed by atoms with E-state index in [1.165, 1.54) is 17.3 Å². The van der Waals surface area contributed by atoms with Crippen LogP contribution in [0.3, 0.4) is 0 Å². The van der Waals surface area contributed by atoms with Crippen LogP contribution in [-0.2, 0) is 16.0 Å². The highest BCUT2D eigenvalue weighted by atomic mass is 16.4. The zero-order valence-electron chi connectivity index (χ0n) is 27.3. The lowest BCUT2D eigenvalue weighted by atomic mass is 9.98. The van der Waals surface area contributed by atoms with Crippen LogP contribution in [-0.4, -0.2) is 35.8 Å². The number of hydrogen-bond acceptors (Lipinski definition) is 5. The topological polar surface area (TPSA) is 106 Å². The lowest BCUT2D eigenvalue weighted by Crippen LogP contribution is -2.25. The molecule has 0 radical (unpaired) electrons. The van der Waals surface area contributed by atoms with Crippen LogP contribution < -0.4 is 15.5 Å². The van der Waals surface area contributed by atoms with Crippen LogP contribution >= 0.6 is 0 Å². The quantitative estimate of drug-likeness (QED) is 0.0974. The highest BCUT2D eigenvalue weighted by Crippen LogP contribution is 2.34. The first-order chi connectivity index (χ1) is 22.4. The van der Waals surface area contributed by atoms with Gasteiger partial charge in [-0.15, -0.1) is 0 Å². The normalized spacial score (nSPS) is 12.4. The summed E-state index contributed by atoms with van der Waals surface area (Å²) in [5.74, 6) is -2.11. The molecule has 7 nitrogen and oxygen atoms in total. The molecule has 46 heavy (non-hydrogen) atoms. The Morgan fingerprint density at radius 1 is 0.957 bits per heavy atom. The first-order valence-corrected chi connectivity index (χ1v) is 15.6. The molecule has 0 spiro atoms. The van der Waals surface area contributed by atoms with Crippen molar-refractivity contribution in [3.63, 3.8) is 0 Å². The summed E-state index contributed by atoms with van der Waals surface area (Å²) in [5, 5.41) is 23.1. The van der Waals surface area contributed by atoms with Crippen molar-refractivity contribution in [2.75, 3.05) is 28.6 Å². The molecule has 0 aromatic heterocycles. The Labute approximate surface area is 273 Å². The first-order valence-electron chi connectivity index (χ1n) is 15.6. The summed E-state index contributed by atoms with van der Waals surface area (Å²) in [6, 6.07) is 23.4. The number of aliphatic carboxylic acids is 1. The first kappa shape index (κ1) is 36.8. The van der Waals surface area contributed by atoms with Gasteiger partial charge in [-0.25, -0.2) is 4.79 Å². The van der Waals surface area contributed by atoms with Crippen LogP contribution in [0.1, 0.15) is 45.2 Å². The summed E-state index contributed by atoms with van der Waals surface area (Å²) in [4.78, 5) is 26.4. The number of para-hydroxylation sites is 1. The van der Waals surface area contributed by atoms with Crippen molar-refractivity contribution < 1.29 is 14.7 Å². The molecule has 4 N–H and O–H groups in total. The molecule has 1 amide bonds. The van der Waals surface area contributed by atoms with E-state index < -0.39 is 17.6 Å². The zero-order valence-corrected chi connectivity index (χ0v) is 27.3. The predicted molar refractivity (Wildman–Crippen MR) is 195 cm³/mol. The Bertz CT molecular complexity index is 1550. The van der Waals surface area contributed by atoms with E-state index in [1.807, 2.05) is 63.3 Å². The SMILES string of the molecule is C=C/C=C\C=C/C.CC.CCNc1ccc(N2CCCc3cc(/C=C/C=C(/C(=N)C(=O)O)C(=O)Nc4ccccc4)ccc32)cc1. The molecule has 0 atom stereocenters. The number of fused-ring (bicyclic) bond motifs is 1. The van der Waals surface area contributed by atoms with Crippen molar-refractivity contribution in [3.8, 4) is 0 Å². The number of carboxylic acids is 1. The summed E-state index contributed by atoms with van der Waals surface area (Å²) >= 11 is 0. The Morgan fingerprint density at radius 3 is 2.30 bits per heavy atom. The molecule has 4 rings (SSSR count). The van der Waals surface area contributed by atoms with E-state index in [4.69, 9.17) is 5.41 Å². The van der Waals surface area contributed by atoms with Gasteiger partial charge >= 0.3 is 5.97 Å². The number of anilines is 4. The number of carbonyl (C=O) groups is 2. The Hall–Kier alpha value is -5.43. The number of rotatable bonds is 11. The number of carbonyl (C=O) groups excluding carboxylic acids is 1. The van der Waals surface area contributed by atoms with Gasteiger partial charge in [-0.1, -0.05) is 87.2 Å². The Morgan fingerprint density at radius 2 is 1.67 bits per heavy atom. The van der Waals surface area contributed by atoms with Crippen molar-refractivity contribution in [1.29, 1.82) is 5.41 Å². The van der Waals surface area contributed by atoms with Gasteiger partial charge in [-0.3, -0.25) is 10.2 Å². The molecule has 0 unspecified atom stereocenters. The molecule has 240 valence electrons. The molecular formula is C39H46N4O3. The third kappa shape index (κ3) is 11.6. The molecule has 0 aliphatic carbocycles. The number of amides is 1. The van der Waals surface area contributed by atoms with Gasteiger partial charge in [-0.05, 0) is 92.4 Å². The monoisotopic (exact) mass is 618 g/mol. The number of nitrogens with zero attached hydrogens (tertiary/aromatic N) is 1. The standard InChI is InChI=1S/C30H30N4O3.C7H10.C2H6/c1-2-32-23-14-16-25(17-15-23)34-19-7-9-22-20-21(13-18-27(22)34)8-6-12-26(28(31)30(36)37)29(35)33-24-10-4-3-5-11-24;1-3-5-7-6-4-2;1-2/h3-6,8,10-18,20,31-32H,2,7,9,19H2,1H3,(H,33,35)(H,36,37);3-7H,1H2,2H3;1-2H3/b8-6+,26-12-,31-28?;6-4-,7-5-;. The van der Waals surface area contributed by atoms with Crippen molar-refractivity contribution in [2.45, 2.75) is 40.5 Å². The molecule has 1 heterocycles. The number of benzene rings is 3. The largest absolute Gasteiger partial charge is 0.477 e. The molecule has 3 aromatic rings. The Balaban J connectivity index is 0.000000724. The van der Waals surface area contributed by atoms with E-state index in [-0.39, 0.29) is 5.57 Å². The van der Waals surface area contributed by atoms with Gasteiger partial charge in [-0.2, -0.15) is 0 Å². The maximum Gasteiger partial charge on any atom is 0.354 e. The van der Waals surface area contributed by atoms with E-state index >= 15 is 0 Å². The van der Waals surface area contributed by atoms with Crippen LogP contribution in [0.5, 0.6) is 0 Å². The summed E-state index contributed by atoms with van der Waals surface area (Å²) in [6.45, 7) is 13.4. The van der Waals surface area contributed by atoms with Gasteiger partial charge < -0.3 is 20.6 Å². The van der Waals surface area contributed by atoms with Gasteiger partial charge in [0.05, 0.1) is 5.57 Å². The summed E-state index contributed by atoms with van der Waals surface area (Å²) < 4.78 is 0. The van der Waals surface area contributed by atoms with Gasteiger partial charge in [0, 0.05) is 35.8 Å². The van der Waals surface area contributed by atoms with E-state index in [9.17, 15) is 14.7 Å². The second-order valence-corrected chi connectivity index (χ2v) is 9.81. The molecule has 0 fully saturated rings. The van der Waals surface area contributed by atoms with Crippen LogP contribution in [0, 0.1) is 5.41 Å². The highest BCUT2D eigenvalue weighted by molar-refractivity contribution is 6.48. The van der Waals surface area contributed by atoms with Crippen molar-refractivity contribution >= 4 is 46.4 Å². The van der Waals surface area contributed by atoms with Gasteiger partial charge in [0.1, 0.15) is 0 Å². The minimum atomic E-state index is -1.46. The van der Waals surface area contributed by atoms with E-state index in [0.717, 1.165) is 42.9 Å². The average Bonchev–Trinajstić information content (AvgIpc) is 3.08. The van der Waals surface area contributed by atoms with Crippen LogP contribution in [0.2, 0.25) is 0 Å². The lowest BCUT2D eigenvalue weighted by Gasteiger charge is -2.31. The maximum absolute atomic E-state index is 12.7. The number of hydrogen-bond donors (Lipinski definition) is 4. The third-order valence-corrected chi connectivity index (χ3v) is 6.64. The van der Waals surface area contributed by atoms with Crippen LogP contribution in [0.15, 0.2) is 127 Å². The molecule has 7 heteroatoms. The fourth-order valence-corrected chi connectivity index (χ4v) is 4.57. The summed E-state index contributed by atoms with van der Waals surface area (Å²) in [5.41, 5.74) is 5.12. The molecule has 3 aromatic carbocycles. The van der Waals surface area contributed by atoms with E-state index in [1.54, 1.807) is 36.4 Å².